The maximum Gasteiger partial charge on any atom is 0.231 e. The molecular weight excluding hydrogens is 338 g/mol. The van der Waals surface area contributed by atoms with E-state index in [-0.39, 0.29) is 6.79 Å². The van der Waals surface area contributed by atoms with Crippen LogP contribution in [0.5, 0.6) is 11.5 Å². The predicted molar refractivity (Wildman–Crippen MR) is 98.0 cm³/mol. The number of fused-ring (bicyclic) bond motifs is 1. The highest BCUT2D eigenvalue weighted by Gasteiger charge is 2.36. The van der Waals surface area contributed by atoms with Gasteiger partial charge in [0.15, 0.2) is 16.6 Å². The summed E-state index contributed by atoms with van der Waals surface area (Å²) in [6.07, 6.45) is 2.83. The van der Waals surface area contributed by atoms with Gasteiger partial charge in [-0.05, 0) is 54.4 Å². The summed E-state index contributed by atoms with van der Waals surface area (Å²) in [6, 6.07) is 9.74. The van der Waals surface area contributed by atoms with E-state index in [0.717, 1.165) is 34.5 Å². The van der Waals surface area contributed by atoms with Gasteiger partial charge in [0, 0.05) is 12.5 Å². The minimum absolute atomic E-state index is 0.273. The lowest BCUT2D eigenvalue weighted by Gasteiger charge is -2.07. The van der Waals surface area contributed by atoms with Crippen molar-refractivity contribution in [3.05, 3.63) is 47.4 Å². The molecule has 1 aliphatic heterocycles. The third kappa shape index (κ3) is 3.76. The first-order valence-corrected chi connectivity index (χ1v) is 8.65. The number of thiocarbonyl (C=S) groups is 1. The summed E-state index contributed by atoms with van der Waals surface area (Å²) in [7, 11) is 0. The molecule has 1 fully saturated rings. The molecule has 7 heteroatoms. The van der Waals surface area contributed by atoms with Crippen LogP contribution in [0.3, 0.4) is 0 Å². The number of nitrogens with zero attached hydrogens (tertiary/aromatic N) is 1. The first-order chi connectivity index (χ1) is 12.2. The molecule has 0 saturated heterocycles. The van der Waals surface area contributed by atoms with Crippen molar-refractivity contribution < 1.29 is 13.9 Å². The van der Waals surface area contributed by atoms with Gasteiger partial charge in [-0.15, -0.1) is 0 Å². The van der Waals surface area contributed by atoms with Crippen LogP contribution >= 0.6 is 12.2 Å². The lowest BCUT2D eigenvalue weighted by Crippen LogP contribution is -2.31. The number of hydrogen-bond donors (Lipinski definition) is 2. The van der Waals surface area contributed by atoms with Crippen molar-refractivity contribution in [2.45, 2.75) is 25.8 Å². The third-order valence-electron chi connectivity index (χ3n) is 4.37. The number of nitrogens with one attached hydrogen (secondary N) is 2. The average Bonchev–Trinajstić information content (AvgIpc) is 3.03. The van der Waals surface area contributed by atoms with Gasteiger partial charge in [-0.25, -0.2) is 0 Å². The van der Waals surface area contributed by atoms with E-state index in [4.69, 9.17) is 26.1 Å². The quantitative estimate of drug-likeness (QED) is 0.487. The second kappa shape index (κ2) is 6.76. The molecule has 1 aromatic heterocycles. The van der Waals surface area contributed by atoms with E-state index in [1.807, 2.05) is 30.3 Å². The highest BCUT2D eigenvalue weighted by atomic mass is 32.1. The van der Waals surface area contributed by atoms with Gasteiger partial charge in [0.2, 0.25) is 6.79 Å². The van der Waals surface area contributed by atoms with E-state index >= 15 is 0 Å². The molecule has 2 N–H and O–H groups in total. The summed E-state index contributed by atoms with van der Waals surface area (Å²) < 4.78 is 16.4. The van der Waals surface area contributed by atoms with Crippen LogP contribution in [0.15, 0.2) is 39.9 Å². The van der Waals surface area contributed by atoms with Crippen molar-refractivity contribution in [3.8, 4) is 11.5 Å². The van der Waals surface area contributed by atoms with E-state index in [0.29, 0.717) is 17.6 Å². The molecule has 1 aromatic carbocycles. The van der Waals surface area contributed by atoms with Crippen LogP contribution in [0, 0.1) is 5.92 Å². The van der Waals surface area contributed by atoms with Crippen LogP contribution in [-0.4, -0.2) is 18.1 Å². The summed E-state index contributed by atoms with van der Waals surface area (Å²) in [4.78, 5) is 0. The molecule has 0 spiro atoms. The fourth-order valence-corrected chi connectivity index (χ4v) is 2.91. The second-order valence-electron chi connectivity index (χ2n) is 6.30. The van der Waals surface area contributed by atoms with Crippen molar-refractivity contribution in [2.24, 2.45) is 11.0 Å². The van der Waals surface area contributed by atoms with E-state index in [1.165, 1.54) is 6.42 Å². The third-order valence-corrected chi connectivity index (χ3v) is 4.61. The maximum absolute atomic E-state index is 5.75. The number of benzene rings is 1. The molecule has 0 amide bonds. The molecule has 1 aliphatic carbocycles. The van der Waals surface area contributed by atoms with E-state index < -0.39 is 0 Å². The molecule has 6 nitrogen and oxygen atoms in total. The van der Waals surface area contributed by atoms with Crippen LogP contribution in [0.25, 0.3) is 0 Å². The zero-order chi connectivity index (χ0) is 17.2. The Balaban J connectivity index is 1.24. The molecule has 2 aliphatic rings. The van der Waals surface area contributed by atoms with Gasteiger partial charge >= 0.3 is 0 Å². The first kappa shape index (κ1) is 16.0. The van der Waals surface area contributed by atoms with E-state index in [9.17, 15) is 0 Å². The highest BCUT2D eigenvalue weighted by molar-refractivity contribution is 7.80. The van der Waals surface area contributed by atoms with Gasteiger partial charge in [0.1, 0.15) is 11.5 Å². The SMILES string of the molecule is C[C@H]1C[C@@H]1c1ccc(/C=N\NC(=S)NCc2ccc3c(c2)OCO3)o1. The van der Waals surface area contributed by atoms with Crippen molar-refractivity contribution >= 4 is 23.5 Å². The fraction of sp³-hybridized carbons (Fsp3) is 0.333. The Morgan fingerprint density at radius 3 is 2.96 bits per heavy atom. The summed E-state index contributed by atoms with van der Waals surface area (Å²) in [5, 5.41) is 7.64. The lowest BCUT2D eigenvalue weighted by molar-refractivity contribution is 0.174. The zero-order valence-electron chi connectivity index (χ0n) is 13.8. The summed E-state index contributed by atoms with van der Waals surface area (Å²) >= 11 is 5.22. The van der Waals surface area contributed by atoms with Crippen LogP contribution in [-0.2, 0) is 6.54 Å². The van der Waals surface area contributed by atoms with Crippen LogP contribution in [0.2, 0.25) is 0 Å². The molecular formula is C18H19N3O3S. The zero-order valence-corrected chi connectivity index (χ0v) is 14.6. The molecule has 2 aromatic rings. The molecule has 2 heterocycles. The maximum atomic E-state index is 5.75. The number of ether oxygens (including phenoxy) is 2. The molecule has 0 radical (unpaired) electrons. The van der Waals surface area contributed by atoms with Gasteiger partial charge in [0.25, 0.3) is 0 Å². The van der Waals surface area contributed by atoms with Crippen molar-refractivity contribution in [3.63, 3.8) is 0 Å². The Kier molecular flexibility index (Phi) is 4.31. The lowest BCUT2D eigenvalue weighted by atomic mass is 10.2. The van der Waals surface area contributed by atoms with Crippen molar-refractivity contribution in [1.82, 2.24) is 10.7 Å². The van der Waals surface area contributed by atoms with Gasteiger partial charge in [-0.1, -0.05) is 13.0 Å². The molecule has 1 saturated carbocycles. The first-order valence-electron chi connectivity index (χ1n) is 8.24. The Hall–Kier alpha value is -2.54. The molecule has 0 unspecified atom stereocenters. The molecule has 2 atom stereocenters. The molecule has 0 bridgehead atoms. The molecule has 130 valence electrons. The minimum Gasteiger partial charge on any atom is -0.460 e. The van der Waals surface area contributed by atoms with Crippen LogP contribution < -0.4 is 20.2 Å². The van der Waals surface area contributed by atoms with Gasteiger partial charge in [0.05, 0.1) is 6.21 Å². The Labute approximate surface area is 151 Å². The number of furan rings is 1. The number of hydrazone groups is 1. The largest absolute Gasteiger partial charge is 0.460 e. The van der Waals surface area contributed by atoms with Gasteiger partial charge in [-0.2, -0.15) is 5.10 Å². The van der Waals surface area contributed by atoms with Crippen molar-refractivity contribution in [1.29, 1.82) is 0 Å². The Bertz CT molecular complexity index is 818. The van der Waals surface area contributed by atoms with Crippen LogP contribution in [0.4, 0.5) is 0 Å². The standard InChI is InChI=1S/C18H19N3O3S/c1-11-6-14(11)15-5-3-13(24-15)9-20-21-18(25)19-8-12-2-4-16-17(7-12)23-10-22-16/h2-5,7,9,11,14H,6,8,10H2,1H3,(H2,19,21,25)/b20-9-/t11-,14-/m0/s1. The topological polar surface area (TPSA) is 68.0 Å². The smallest absolute Gasteiger partial charge is 0.231 e. The van der Waals surface area contributed by atoms with Crippen LogP contribution in [0.1, 0.15) is 36.3 Å². The van der Waals surface area contributed by atoms with Crippen molar-refractivity contribution in [2.75, 3.05) is 6.79 Å². The predicted octanol–water partition coefficient (Wildman–Crippen LogP) is 3.13. The molecule has 25 heavy (non-hydrogen) atoms. The summed E-state index contributed by atoms with van der Waals surface area (Å²) in [5.41, 5.74) is 3.84. The number of rotatable bonds is 5. The van der Waals surface area contributed by atoms with E-state index in [1.54, 1.807) is 6.21 Å². The summed E-state index contributed by atoms with van der Waals surface area (Å²) in [5.74, 6) is 4.58. The highest BCUT2D eigenvalue weighted by Crippen LogP contribution is 2.47. The second-order valence-corrected chi connectivity index (χ2v) is 6.71. The van der Waals surface area contributed by atoms with Gasteiger partial charge < -0.3 is 19.2 Å². The Morgan fingerprint density at radius 2 is 2.12 bits per heavy atom. The van der Waals surface area contributed by atoms with E-state index in [2.05, 4.69) is 22.8 Å². The molecule has 4 rings (SSSR count). The normalized spacial score (nSPS) is 20.7. The summed E-state index contributed by atoms with van der Waals surface area (Å²) in [6.45, 7) is 3.07. The minimum atomic E-state index is 0.273. The Morgan fingerprint density at radius 1 is 1.28 bits per heavy atom. The average molecular weight is 357 g/mol. The van der Waals surface area contributed by atoms with Gasteiger partial charge in [-0.3, -0.25) is 5.43 Å². The monoisotopic (exact) mass is 357 g/mol. The number of hydrogen-bond acceptors (Lipinski definition) is 5. The fourth-order valence-electron chi connectivity index (χ4n) is 2.78.